The van der Waals surface area contributed by atoms with E-state index in [1.807, 2.05) is 25.1 Å². The molecular formula is C25H27BrN2O2S. The molecule has 0 spiro atoms. The summed E-state index contributed by atoms with van der Waals surface area (Å²) < 4.78 is 0.670. The van der Waals surface area contributed by atoms with E-state index < -0.39 is 0 Å². The second kappa shape index (κ2) is 7.82. The Morgan fingerprint density at radius 1 is 1.16 bits per heavy atom. The van der Waals surface area contributed by atoms with Gasteiger partial charge in [0.2, 0.25) is 0 Å². The number of nitrogens with zero attached hydrogens (tertiary/aromatic N) is 2. The van der Waals surface area contributed by atoms with Gasteiger partial charge in [0.15, 0.2) is 11.6 Å². The third-order valence-corrected chi connectivity index (χ3v) is 8.27. The van der Waals surface area contributed by atoms with Crippen LogP contribution in [0.3, 0.4) is 0 Å². The Morgan fingerprint density at radius 2 is 1.84 bits per heavy atom. The first-order valence-electron chi connectivity index (χ1n) is 10.7. The zero-order valence-corrected chi connectivity index (χ0v) is 21.2. The molecule has 0 fully saturated rings. The van der Waals surface area contributed by atoms with Gasteiger partial charge in [-0.25, -0.2) is 4.98 Å². The van der Waals surface area contributed by atoms with E-state index in [2.05, 4.69) is 55.4 Å². The molecule has 0 radical (unpaired) electrons. The largest absolute Gasteiger partial charge is 0.332 e. The van der Waals surface area contributed by atoms with Crippen LogP contribution >= 0.6 is 27.3 Å². The highest BCUT2D eigenvalue weighted by molar-refractivity contribution is 9.10. The second-order valence-electron chi connectivity index (χ2n) is 8.77. The maximum Gasteiger partial charge on any atom is 0.198 e. The summed E-state index contributed by atoms with van der Waals surface area (Å²) in [6.07, 6.45) is 5.59. The number of carbonyl (C=O) groups excluding carboxylic acids is 2. The molecule has 0 bridgehead atoms. The van der Waals surface area contributed by atoms with Crippen molar-refractivity contribution < 1.29 is 9.59 Å². The van der Waals surface area contributed by atoms with Crippen LogP contribution in [0.4, 0.5) is 5.00 Å². The SMILES string of the molecule is CCc1nc2c(s1)N(C(C)CC)/C(=C/C=C1\C(=O)c3c(C)ccc(Br)c3C1=O)C2(C)C. The number of allylic oxidation sites excluding steroid dienone is 4. The van der Waals surface area contributed by atoms with Gasteiger partial charge >= 0.3 is 0 Å². The van der Waals surface area contributed by atoms with Gasteiger partial charge in [-0.15, -0.1) is 11.3 Å². The van der Waals surface area contributed by atoms with Crippen molar-refractivity contribution in [2.45, 2.75) is 65.8 Å². The van der Waals surface area contributed by atoms with Gasteiger partial charge in [0.1, 0.15) is 5.00 Å². The van der Waals surface area contributed by atoms with Crippen LogP contribution in [0.25, 0.3) is 0 Å². The molecule has 1 aromatic carbocycles. The first-order valence-corrected chi connectivity index (χ1v) is 12.3. The van der Waals surface area contributed by atoms with Crippen LogP contribution in [0.2, 0.25) is 0 Å². The van der Waals surface area contributed by atoms with Crippen molar-refractivity contribution in [1.29, 1.82) is 0 Å². The predicted octanol–water partition coefficient (Wildman–Crippen LogP) is 6.56. The van der Waals surface area contributed by atoms with Gasteiger partial charge in [0.05, 0.1) is 21.7 Å². The highest BCUT2D eigenvalue weighted by Gasteiger charge is 2.45. The molecule has 0 amide bonds. The summed E-state index contributed by atoms with van der Waals surface area (Å²) in [7, 11) is 0. The summed E-state index contributed by atoms with van der Waals surface area (Å²) in [4.78, 5) is 33.5. The Morgan fingerprint density at radius 3 is 2.45 bits per heavy atom. The third kappa shape index (κ3) is 3.26. The van der Waals surface area contributed by atoms with Gasteiger partial charge in [0.25, 0.3) is 0 Å². The fourth-order valence-electron chi connectivity index (χ4n) is 4.40. The van der Waals surface area contributed by atoms with Crippen LogP contribution in [0.15, 0.2) is 40.0 Å². The zero-order chi connectivity index (χ0) is 22.7. The number of thiazole rings is 1. The number of carbonyl (C=O) groups is 2. The quantitative estimate of drug-likeness (QED) is 0.353. The van der Waals surface area contributed by atoms with Crippen molar-refractivity contribution >= 4 is 43.8 Å². The lowest BCUT2D eigenvalue weighted by atomic mass is 9.87. The summed E-state index contributed by atoms with van der Waals surface area (Å²) in [5.41, 5.74) is 3.93. The van der Waals surface area contributed by atoms with Gasteiger partial charge in [-0.3, -0.25) is 9.59 Å². The number of fused-ring (bicyclic) bond motifs is 2. The molecule has 31 heavy (non-hydrogen) atoms. The molecule has 0 N–H and O–H groups in total. The van der Waals surface area contributed by atoms with E-state index in [-0.39, 0.29) is 22.6 Å². The van der Waals surface area contributed by atoms with Crippen LogP contribution in [0.1, 0.15) is 78.0 Å². The molecule has 0 saturated carbocycles. The smallest absolute Gasteiger partial charge is 0.198 e. The van der Waals surface area contributed by atoms with E-state index in [0.29, 0.717) is 21.6 Å². The lowest BCUT2D eigenvalue weighted by Gasteiger charge is -2.31. The van der Waals surface area contributed by atoms with E-state index in [0.717, 1.165) is 34.8 Å². The van der Waals surface area contributed by atoms with E-state index >= 15 is 0 Å². The standard InChI is InChI=1S/C25H27BrN2O2S/c1-7-14(4)28-17(25(5,6)23-24(28)31-18(8-2)27-23)12-10-15-21(29)19-13(3)9-11-16(26)20(19)22(15)30/h9-12,14H,7-8H2,1-6H3/b15-10+,17-12+. The average molecular weight is 499 g/mol. The summed E-state index contributed by atoms with van der Waals surface area (Å²) in [5.74, 6) is -0.401. The average Bonchev–Trinajstić information content (AvgIpc) is 3.33. The number of aromatic nitrogens is 1. The maximum atomic E-state index is 13.1. The predicted molar refractivity (Wildman–Crippen MR) is 130 cm³/mol. The molecule has 4 nitrogen and oxygen atoms in total. The maximum absolute atomic E-state index is 13.1. The number of Topliss-reactive ketones (excluding diaryl/α,β-unsaturated/α-hetero) is 2. The van der Waals surface area contributed by atoms with Crippen molar-refractivity contribution in [1.82, 2.24) is 4.98 Å². The van der Waals surface area contributed by atoms with Crippen LogP contribution in [-0.4, -0.2) is 22.6 Å². The molecule has 0 saturated heterocycles. The van der Waals surface area contributed by atoms with Gasteiger partial charge in [0, 0.05) is 27.3 Å². The molecule has 2 heterocycles. The first kappa shape index (κ1) is 22.2. The Kier molecular flexibility index (Phi) is 5.59. The van der Waals surface area contributed by atoms with Crippen molar-refractivity contribution in [3.63, 3.8) is 0 Å². The number of rotatable bonds is 4. The molecule has 6 heteroatoms. The van der Waals surface area contributed by atoms with E-state index in [4.69, 9.17) is 4.98 Å². The minimum absolute atomic E-state index is 0.192. The summed E-state index contributed by atoms with van der Waals surface area (Å²) in [6, 6.07) is 3.99. The minimum atomic E-state index is -0.298. The highest BCUT2D eigenvalue weighted by Crippen LogP contribution is 2.51. The molecule has 4 rings (SSSR count). The zero-order valence-electron chi connectivity index (χ0n) is 18.8. The van der Waals surface area contributed by atoms with Gasteiger partial charge < -0.3 is 4.90 Å². The minimum Gasteiger partial charge on any atom is -0.332 e. The monoisotopic (exact) mass is 498 g/mol. The second-order valence-corrected chi connectivity index (χ2v) is 10.7. The Balaban J connectivity index is 1.83. The van der Waals surface area contributed by atoms with Crippen LogP contribution in [-0.2, 0) is 11.8 Å². The summed E-state index contributed by atoms with van der Waals surface area (Å²) in [5, 5.41) is 2.33. The summed E-state index contributed by atoms with van der Waals surface area (Å²) in [6.45, 7) is 12.7. The van der Waals surface area contributed by atoms with E-state index in [1.54, 1.807) is 17.4 Å². The fourth-order valence-corrected chi connectivity index (χ4v) is 6.19. The lowest BCUT2D eigenvalue weighted by Crippen LogP contribution is -2.33. The molecular weight excluding hydrogens is 472 g/mol. The molecule has 1 atom stereocenters. The number of aryl methyl sites for hydroxylation is 2. The van der Waals surface area contributed by atoms with Crippen molar-refractivity contribution in [3.8, 4) is 0 Å². The van der Waals surface area contributed by atoms with Crippen LogP contribution in [0, 0.1) is 6.92 Å². The van der Waals surface area contributed by atoms with Gasteiger partial charge in [-0.2, -0.15) is 0 Å². The number of hydrogen-bond acceptors (Lipinski definition) is 5. The molecule has 1 aromatic heterocycles. The topological polar surface area (TPSA) is 50.3 Å². The van der Waals surface area contributed by atoms with Crippen molar-refractivity contribution in [2.24, 2.45) is 0 Å². The summed E-state index contributed by atoms with van der Waals surface area (Å²) >= 11 is 5.19. The number of hydrogen-bond donors (Lipinski definition) is 0. The van der Waals surface area contributed by atoms with E-state index in [1.165, 1.54) is 5.00 Å². The molecule has 2 aromatic rings. The number of benzene rings is 1. The molecule has 1 aliphatic carbocycles. The fraction of sp³-hybridized carbons (Fsp3) is 0.400. The normalized spacial score (nSPS) is 20.7. The molecule has 2 aliphatic rings. The Labute approximate surface area is 196 Å². The molecule has 1 unspecified atom stereocenters. The van der Waals surface area contributed by atoms with Crippen LogP contribution < -0.4 is 4.90 Å². The Bertz CT molecular complexity index is 1130. The number of halogens is 1. The van der Waals surface area contributed by atoms with Crippen molar-refractivity contribution in [3.05, 3.63) is 67.4 Å². The van der Waals surface area contributed by atoms with E-state index in [9.17, 15) is 9.59 Å². The van der Waals surface area contributed by atoms with Gasteiger partial charge in [-0.05, 0) is 64.3 Å². The highest BCUT2D eigenvalue weighted by atomic mass is 79.9. The first-order chi connectivity index (χ1) is 14.6. The number of anilines is 1. The third-order valence-electron chi connectivity index (χ3n) is 6.41. The van der Waals surface area contributed by atoms with Gasteiger partial charge in [-0.1, -0.05) is 35.8 Å². The molecule has 162 valence electrons. The molecule has 1 aliphatic heterocycles. The lowest BCUT2D eigenvalue weighted by molar-refractivity contribution is 0.0988. The van der Waals surface area contributed by atoms with Crippen LogP contribution in [0.5, 0.6) is 0 Å². The number of ketones is 2. The Hall–Kier alpha value is -2.05. The van der Waals surface area contributed by atoms with Crippen molar-refractivity contribution in [2.75, 3.05) is 4.90 Å².